The fraction of sp³-hybridized carbons (Fsp3) is 0.895. The number of nitrogens with one attached hydrogen (secondary N) is 1. The van der Waals surface area contributed by atoms with Gasteiger partial charge in [-0.15, -0.1) is 0 Å². The number of amides is 2. The van der Waals surface area contributed by atoms with Gasteiger partial charge < -0.3 is 15.5 Å². The molecule has 0 aromatic heterocycles. The number of fused-ring (bicyclic) bond motifs is 4. The quantitative estimate of drug-likeness (QED) is 0.462. The molecule has 1 atom stereocenters. The second-order valence-electron chi connectivity index (χ2n) is 9.43. The number of carbonyl (C=O) groups is 2. The summed E-state index contributed by atoms with van der Waals surface area (Å²) in [4.78, 5) is 30.3. The average molecular weight is 460 g/mol. The van der Waals surface area contributed by atoms with E-state index in [2.05, 4.69) is 10.2 Å². The predicted octanol–water partition coefficient (Wildman–Crippen LogP) is -2.10. The first-order valence-corrected chi connectivity index (χ1v) is 12.2. The van der Waals surface area contributed by atoms with Crippen molar-refractivity contribution in [3.63, 3.8) is 0 Å². The third-order valence-electron chi connectivity index (χ3n) is 7.54. The molecule has 0 radical (unpaired) electrons. The van der Waals surface area contributed by atoms with Gasteiger partial charge in [-0.1, -0.05) is 0 Å². The zero-order valence-electron chi connectivity index (χ0n) is 19.3. The molecule has 178 valence electrons. The topological polar surface area (TPSA) is 123 Å². The van der Waals surface area contributed by atoms with Crippen molar-refractivity contribution < 1.29 is 18.0 Å². The number of carbonyl (C=O) groups excluding carboxylic acids is 2. The van der Waals surface area contributed by atoms with Crippen LogP contribution in [0.25, 0.3) is 0 Å². The molecule has 1 saturated carbocycles. The number of hydrogen-bond acceptors (Lipinski definition) is 7. The minimum atomic E-state index is -3.41. The summed E-state index contributed by atoms with van der Waals surface area (Å²) in [5.74, 6) is -1.09. The van der Waals surface area contributed by atoms with Crippen molar-refractivity contribution in [3.8, 4) is 0 Å². The molecule has 4 fully saturated rings. The fourth-order valence-corrected chi connectivity index (χ4v) is 6.35. The molecule has 3 heterocycles. The molecule has 11 nitrogen and oxygen atoms in total. The SMILES string of the molecule is CN(C)C(=O)C(=O)N(C)C12CCC(N3CCN(S(=O)(=O)N(C)C)CC3)(CC1)CNC2N. The Hall–Kier alpha value is -1.31. The van der Waals surface area contributed by atoms with Gasteiger partial charge in [-0.3, -0.25) is 19.8 Å². The van der Waals surface area contributed by atoms with Gasteiger partial charge in [-0.25, -0.2) is 0 Å². The van der Waals surface area contributed by atoms with Crippen LogP contribution in [0.1, 0.15) is 25.7 Å². The third kappa shape index (κ3) is 4.09. The maximum absolute atomic E-state index is 12.8. The van der Waals surface area contributed by atoms with Gasteiger partial charge in [0.1, 0.15) is 0 Å². The van der Waals surface area contributed by atoms with Crippen LogP contribution in [-0.2, 0) is 19.8 Å². The van der Waals surface area contributed by atoms with Crippen molar-refractivity contribution in [2.45, 2.75) is 42.9 Å². The van der Waals surface area contributed by atoms with Gasteiger partial charge in [0.2, 0.25) is 0 Å². The standard InChI is InChI=1S/C19H37N7O4S/c1-22(2)15(27)16(28)24(5)19-8-6-18(7-9-19,14-21-17(19)20)25-10-12-26(13-11-25)31(29,30)23(3)4/h17,21H,6-14,20H2,1-5H3. The van der Waals surface area contributed by atoms with Crippen molar-refractivity contribution in [2.75, 3.05) is 68.0 Å². The Morgan fingerprint density at radius 3 is 1.97 bits per heavy atom. The number of piperazine rings is 1. The predicted molar refractivity (Wildman–Crippen MR) is 117 cm³/mol. The molecule has 3 N–H and O–H groups in total. The molecule has 3 aliphatic heterocycles. The molecule has 1 aliphatic carbocycles. The van der Waals surface area contributed by atoms with E-state index in [1.807, 2.05) is 0 Å². The highest BCUT2D eigenvalue weighted by Gasteiger charge is 2.55. The largest absolute Gasteiger partial charge is 0.341 e. The summed E-state index contributed by atoms with van der Waals surface area (Å²) in [5, 5.41) is 3.43. The minimum Gasteiger partial charge on any atom is -0.341 e. The van der Waals surface area contributed by atoms with Crippen LogP contribution in [0.4, 0.5) is 0 Å². The minimum absolute atomic E-state index is 0.124. The molecule has 2 bridgehead atoms. The summed E-state index contributed by atoms with van der Waals surface area (Å²) in [5.41, 5.74) is 5.79. The third-order valence-corrected chi connectivity index (χ3v) is 9.48. The summed E-state index contributed by atoms with van der Waals surface area (Å²) in [7, 11) is 4.51. The smallest absolute Gasteiger partial charge is 0.312 e. The Kier molecular flexibility index (Phi) is 6.72. The van der Waals surface area contributed by atoms with E-state index in [1.54, 1.807) is 40.1 Å². The maximum atomic E-state index is 12.8. The molecule has 12 heteroatoms. The monoisotopic (exact) mass is 459 g/mol. The average Bonchev–Trinajstić information content (AvgIpc) is 2.99. The molecule has 0 spiro atoms. The van der Waals surface area contributed by atoms with E-state index in [0.717, 1.165) is 12.8 Å². The van der Waals surface area contributed by atoms with E-state index in [9.17, 15) is 18.0 Å². The van der Waals surface area contributed by atoms with Gasteiger partial charge in [-0.2, -0.15) is 17.0 Å². The molecule has 3 saturated heterocycles. The van der Waals surface area contributed by atoms with Crippen LogP contribution >= 0.6 is 0 Å². The zero-order valence-corrected chi connectivity index (χ0v) is 20.1. The van der Waals surface area contributed by atoms with E-state index in [-0.39, 0.29) is 5.54 Å². The molecule has 4 rings (SSSR count). The number of nitrogens with two attached hydrogens (primary N) is 1. The number of likely N-dealkylation sites (N-methyl/N-ethyl adjacent to an activating group) is 2. The normalized spacial score (nSPS) is 32.7. The van der Waals surface area contributed by atoms with Crippen LogP contribution in [0, 0.1) is 0 Å². The highest BCUT2D eigenvalue weighted by atomic mass is 32.2. The van der Waals surface area contributed by atoms with Gasteiger partial charge in [0, 0.05) is 73.5 Å². The van der Waals surface area contributed by atoms with Gasteiger partial charge in [0.05, 0.1) is 11.7 Å². The van der Waals surface area contributed by atoms with Crippen LogP contribution < -0.4 is 11.1 Å². The first-order chi connectivity index (χ1) is 14.4. The first kappa shape index (κ1) is 24.3. The van der Waals surface area contributed by atoms with Gasteiger partial charge in [0.15, 0.2) is 0 Å². The molecule has 0 aromatic rings. The summed E-state index contributed by atoms with van der Waals surface area (Å²) in [6.45, 7) is 2.90. The highest BCUT2D eigenvalue weighted by Crippen LogP contribution is 2.45. The lowest BCUT2D eigenvalue weighted by atomic mass is 9.71. The van der Waals surface area contributed by atoms with Crippen LogP contribution in [0.5, 0.6) is 0 Å². The number of nitrogens with zero attached hydrogens (tertiary/aromatic N) is 5. The lowest BCUT2D eigenvalue weighted by molar-refractivity contribution is -0.155. The van der Waals surface area contributed by atoms with E-state index >= 15 is 0 Å². The van der Waals surface area contributed by atoms with Crippen LogP contribution in [0.15, 0.2) is 0 Å². The lowest BCUT2D eigenvalue weighted by Crippen LogP contribution is -2.66. The van der Waals surface area contributed by atoms with Crippen molar-refractivity contribution in [1.82, 2.24) is 28.6 Å². The molecule has 1 unspecified atom stereocenters. The Bertz CT molecular complexity index is 800. The fourth-order valence-electron chi connectivity index (χ4n) is 5.26. The van der Waals surface area contributed by atoms with Crippen molar-refractivity contribution in [1.29, 1.82) is 0 Å². The van der Waals surface area contributed by atoms with Crippen molar-refractivity contribution >= 4 is 22.0 Å². The van der Waals surface area contributed by atoms with E-state index in [4.69, 9.17) is 5.73 Å². The zero-order chi connectivity index (χ0) is 23.2. The van der Waals surface area contributed by atoms with Crippen molar-refractivity contribution in [3.05, 3.63) is 0 Å². The molecular formula is C19H37N7O4S. The maximum Gasteiger partial charge on any atom is 0.312 e. The van der Waals surface area contributed by atoms with E-state index in [0.29, 0.717) is 45.6 Å². The summed E-state index contributed by atoms with van der Waals surface area (Å²) < 4.78 is 27.7. The van der Waals surface area contributed by atoms with E-state index < -0.39 is 33.7 Å². The second kappa shape index (κ2) is 8.56. The van der Waals surface area contributed by atoms with Crippen LogP contribution in [0.2, 0.25) is 0 Å². The van der Waals surface area contributed by atoms with Gasteiger partial charge >= 0.3 is 11.8 Å². The Labute approximate surface area is 185 Å². The molecule has 4 aliphatic rings. The molecule has 0 aromatic carbocycles. The lowest BCUT2D eigenvalue weighted by Gasteiger charge is -2.53. The second-order valence-corrected chi connectivity index (χ2v) is 11.6. The Morgan fingerprint density at radius 2 is 1.48 bits per heavy atom. The van der Waals surface area contributed by atoms with E-state index in [1.165, 1.54) is 13.5 Å². The Morgan fingerprint density at radius 1 is 0.935 bits per heavy atom. The number of rotatable bonds is 4. The van der Waals surface area contributed by atoms with Gasteiger partial charge in [0.25, 0.3) is 10.2 Å². The molecular weight excluding hydrogens is 422 g/mol. The van der Waals surface area contributed by atoms with Crippen molar-refractivity contribution in [2.24, 2.45) is 5.73 Å². The molecule has 31 heavy (non-hydrogen) atoms. The summed E-state index contributed by atoms with van der Waals surface area (Å²) in [6, 6.07) is 0. The van der Waals surface area contributed by atoms with Gasteiger partial charge in [-0.05, 0) is 25.7 Å². The summed E-state index contributed by atoms with van der Waals surface area (Å²) >= 11 is 0. The van der Waals surface area contributed by atoms with Crippen LogP contribution in [-0.4, -0.2) is 129 Å². The summed E-state index contributed by atoms with van der Waals surface area (Å²) in [6.07, 6.45) is 2.63. The Balaban J connectivity index is 1.73. The number of hydrogen-bond donors (Lipinski definition) is 2. The highest BCUT2D eigenvalue weighted by molar-refractivity contribution is 7.86. The van der Waals surface area contributed by atoms with Crippen LogP contribution in [0.3, 0.4) is 0 Å². The molecule has 2 amide bonds. The first-order valence-electron chi connectivity index (χ1n) is 10.8.